The average Bonchev–Trinajstić information content (AvgIpc) is 2.53. The summed E-state index contributed by atoms with van der Waals surface area (Å²) in [5.41, 5.74) is 4.35. The van der Waals surface area contributed by atoms with Crippen LogP contribution in [-0.4, -0.2) is 29.6 Å². The van der Waals surface area contributed by atoms with Gasteiger partial charge in [0.1, 0.15) is 5.75 Å². The number of rotatable bonds is 2. The first-order valence-corrected chi connectivity index (χ1v) is 8.82. The van der Waals surface area contributed by atoms with Crippen LogP contribution in [0.25, 0.3) is 0 Å². The molecule has 0 radical (unpaired) electrons. The Bertz CT molecular complexity index is 608. The minimum atomic E-state index is 0.340. The van der Waals surface area contributed by atoms with Crippen LogP contribution in [0.4, 0.5) is 0 Å². The average molecular weight is 297 g/mol. The molecule has 1 aromatic rings. The zero-order valence-electron chi connectivity index (χ0n) is 13.6. The Labute approximate surface area is 133 Å². The fraction of sp³-hybridized carbons (Fsp3) is 0.600. The molecule has 1 heterocycles. The Morgan fingerprint density at radius 1 is 1.36 bits per heavy atom. The van der Waals surface area contributed by atoms with Crippen molar-refractivity contribution in [2.45, 2.75) is 56.4 Å². The van der Waals surface area contributed by atoms with E-state index in [1.165, 1.54) is 49.8 Å². The molecule has 2 aliphatic carbocycles. The standard InChI is InChI=1S/C20H27NO/c1-3-6-14-11-15-12-18-16-7-4-5-8-20(16,9-10-21(18)2)17(15)13-19(14)22/h3,11,13,16,18,22H,1,4-10,12H2,2H3/t16-,18+,20-/m0/s1. The summed E-state index contributed by atoms with van der Waals surface area (Å²) in [6.07, 6.45) is 10.5. The fourth-order valence-electron chi connectivity index (χ4n) is 5.61. The van der Waals surface area contributed by atoms with Crippen molar-refractivity contribution in [1.29, 1.82) is 0 Å². The van der Waals surface area contributed by atoms with Crippen molar-refractivity contribution in [1.82, 2.24) is 4.90 Å². The monoisotopic (exact) mass is 297 g/mol. The third-order valence-electron chi connectivity index (χ3n) is 6.67. The quantitative estimate of drug-likeness (QED) is 0.839. The van der Waals surface area contributed by atoms with Gasteiger partial charge in [0.25, 0.3) is 0 Å². The van der Waals surface area contributed by atoms with Crippen molar-refractivity contribution in [2.75, 3.05) is 13.6 Å². The van der Waals surface area contributed by atoms with Gasteiger partial charge in [0.05, 0.1) is 0 Å². The zero-order valence-corrected chi connectivity index (χ0v) is 13.6. The van der Waals surface area contributed by atoms with Crippen molar-refractivity contribution in [3.05, 3.63) is 41.5 Å². The molecule has 3 atom stereocenters. The van der Waals surface area contributed by atoms with E-state index in [2.05, 4.69) is 30.7 Å². The maximum Gasteiger partial charge on any atom is 0.119 e. The largest absolute Gasteiger partial charge is 0.508 e. The molecule has 0 aromatic heterocycles. The van der Waals surface area contributed by atoms with Gasteiger partial charge in [0.15, 0.2) is 0 Å². The summed E-state index contributed by atoms with van der Waals surface area (Å²) in [5, 5.41) is 10.5. The number of piperidine rings is 1. The molecule has 22 heavy (non-hydrogen) atoms. The third kappa shape index (κ3) is 1.89. The van der Waals surface area contributed by atoms with Crippen molar-refractivity contribution in [3.8, 4) is 5.75 Å². The molecule has 1 aliphatic heterocycles. The van der Waals surface area contributed by atoms with E-state index in [-0.39, 0.29) is 0 Å². The van der Waals surface area contributed by atoms with Crippen LogP contribution in [0.5, 0.6) is 5.75 Å². The van der Waals surface area contributed by atoms with Gasteiger partial charge in [-0.25, -0.2) is 0 Å². The Morgan fingerprint density at radius 3 is 3.05 bits per heavy atom. The van der Waals surface area contributed by atoms with E-state index < -0.39 is 0 Å². The van der Waals surface area contributed by atoms with Crippen molar-refractivity contribution >= 4 is 0 Å². The van der Waals surface area contributed by atoms with Crippen LogP contribution < -0.4 is 0 Å². The lowest BCUT2D eigenvalue weighted by Crippen LogP contribution is -2.59. The SMILES string of the molecule is C=CCc1cc2c(cc1O)[C@]13CCCC[C@H]1[C@@H](C2)N(C)CC3. The Kier molecular flexibility index (Phi) is 3.34. The Morgan fingerprint density at radius 2 is 2.23 bits per heavy atom. The molecule has 1 saturated carbocycles. The summed E-state index contributed by atoms with van der Waals surface area (Å²) in [6, 6.07) is 5.08. The summed E-state index contributed by atoms with van der Waals surface area (Å²) in [4.78, 5) is 2.59. The molecule has 2 nitrogen and oxygen atoms in total. The van der Waals surface area contributed by atoms with E-state index in [0.717, 1.165) is 24.3 Å². The first kappa shape index (κ1) is 14.3. The molecule has 1 N–H and O–H groups in total. The van der Waals surface area contributed by atoms with Gasteiger partial charge in [-0.15, -0.1) is 6.58 Å². The first-order valence-electron chi connectivity index (χ1n) is 8.82. The normalized spacial score (nSPS) is 33.9. The van der Waals surface area contributed by atoms with E-state index >= 15 is 0 Å². The van der Waals surface area contributed by atoms with Crippen LogP contribution in [-0.2, 0) is 18.3 Å². The molecule has 0 spiro atoms. The second-order valence-electron chi connectivity index (χ2n) is 7.64. The summed E-state index contributed by atoms with van der Waals surface area (Å²) >= 11 is 0. The van der Waals surface area contributed by atoms with Gasteiger partial charge in [-0.1, -0.05) is 25.0 Å². The maximum atomic E-state index is 10.5. The fourth-order valence-corrected chi connectivity index (χ4v) is 5.61. The predicted molar refractivity (Wildman–Crippen MR) is 90.4 cm³/mol. The molecule has 3 aliphatic rings. The van der Waals surface area contributed by atoms with Gasteiger partial charge in [0, 0.05) is 11.5 Å². The summed E-state index contributed by atoms with van der Waals surface area (Å²) < 4.78 is 0. The van der Waals surface area contributed by atoms with Crippen molar-refractivity contribution < 1.29 is 5.11 Å². The van der Waals surface area contributed by atoms with Gasteiger partial charge in [-0.3, -0.25) is 0 Å². The molecule has 0 amide bonds. The second-order valence-corrected chi connectivity index (χ2v) is 7.64. The lowest BCUT2D eigenvalue weighted by Gasteiger charge is -2.58. The van der Waals surface area contributed by atoms with Crippen LogP contribution in [0.2, 0.25) is 0 Å². The van der Waals surface area contributed by atoms with Gasteiger partial charge >= 0.3 is 0 Å². The lowest BCUT2D eigenvalue weighted by molar-refractivity contribution is 0.00271. The Hall–Kier alpha value is -1.28. The third-order valence-corrected chi connectivity index (χ3v) is 6.67. The molecule has 2 fully saturated rings. The molecular weight excluding hydrogens is 270 g/mol. The molecule has 1 aromatic carbocycles. The molecular formula is C20H27NO. The number of allylic oxidation sites excluding steroid dienone is 1. The highest BCUT2D eigenvalue weighted by Crippen LogP contribution is 2.56. The number of fused-ring (bicyclic) bond motifs is 1. The van der Waals surface area contributed by atoms with Gasteiger partial charge in [0.2, 0.25) is 0 Å². The number of likely N-dealkylation sites (N-methyl/N-ethyl adjacent to an activating group) is 1. The molecule has 2 heteroatoms. The highest BCUT2D eigenvalue weighted by molar-refractivity contribution is 5.49. The summed E-state index contributed by atoms with van der Waals surface area (Å²) in [7, 11) is 2.30. The summed E-state index contributed by atoms with van der Waals surface area (Å²) in [5.74, 6) is 1.27. The number of phenolic OH excluding ortho intramolecular Hbond substituents is 1. The predicted octanol–water partition coefficient (Wildman–Crippen LogP) is 3.81. The first-order chi connectivity index (χ1) is 10.7. The van der Waals surface area contributed by atoms with Gasteiger partial charge in [-0.2, -0.15) is 0 Å². The van der Waals surface area contributed by atoms with E-state index in [4.69, 9.17) is 0 Å². The molecule has 4 rings (SSSR count). The van der Waals surface area contributed by atoms with E-state index in [9.17, 15) is 5.11 Å². The van der Waals surface area contributed by atoms with Crippen LogP contribution >= 0.6 is 0 Å². The van der Waals surface area contributed by atoms with E-state index in [1.54, 1.807) is 0 Å². The number of aromatic hydroxyl groups is 1. The minimum absolute atomic E-state index is 0.340. The highest BCUT2D eigenvalue weighted by Gasteiger charge is 2.53. The topological polar surface area (TPSA) is 23.5 Å². The van der Waals surface area contributed by atoms with E-state index in [1.807, 2.05) is 6.08 Å². The molecule has 118 valence electrons. The zero-order chi connectivity index (χ0) is 15.3. The van der Waals surface area contributed by atoms with Gasteiger partial charge in [-0.05, 0) is 74.4 Å². The van der Waals surface area contributed by atoms with Crippen LogP contribution in [0.3, 0.4) is 0 Å². The number of likely N-dealkylation sites (tertiary alicyclic amines) is 1. The highest BCUT2D eigenvalue weighted by atomic mass is 16.3. The van der Waals surface area contributed by atoms with Crippen molar-refractivity contribution in [3.63, 3.8) is 0 Å². The number of benzene rings is 1. The minimum Gasteiger partial charge on any atom is -0.508 e. The molecule has 1 saturated heterocycles. The number of hydrogen-bond donors (Lipinski definition) is 1. The lowest BCUT2D eigenvalue weighted by atomic mass is 9.52. The number of phenols is 1. The maximum absolute atomic E-state index is 10.5. The smallest absolute Gasteiger partial charge is 0.119 e. The molecule has 0 unspecified atom stereocenters. The van der Waals surface area contributed by atoms with Gasteiger partial charge < -0.3 is 10.0 Å². The van der Waals surface area contributed by atoms with Crippen molar-refractivity contribution in [2.24, 2.45) is 5.92 Å². The summed E-state index contributed by atoms with van der Waals surface area (Å²) in [6.45, 7) is 5.03. The Balaban J connectivity index is 1.87. The number of nitrogens with zero attached hydrogens (tertiary/aromatic N) is 1. The van der Waals surface area contributed by atoms with Crippen LogP contribution in [0, 0.1) is 5.92 Å². The number of hydrogen-bond acceptors (Lipinski definition) is 2. The van der Waals surface area contributed by atoms with Crippen LogP contribution in [0.15, 0.2) is 24.8 Å². The van der Waals surface area contributed by atoms with Crippen LogP contribution in [0.1, 0.15) is 48.8 Å². The second kappa shape index (κ2) is 5.13. The molecule has 2 bridgehead atoms. The van der Waals surface area contributed by atoms with E-state index in [0.29, 0.717) is 17.2 Å².